The predicted octanol–water partition coefficient (Wildman–Crippen LogP) is 5.63. The van der Waals surface area contributed by atoms with Gasteiger partial charge >= 0.3 is 0 Å². The van der Waals surface area contributed by atoms with Gasteiger partial charge in [0.15, 0.2) is 0 Å². The highest BCUT2D eigenvalue weighted by Crippen LogP contribution is 2.42. The molecule has 1 aliphatic rings. The quantitative estimate of drug-likeness (QED) is 0.462. The number of hydrogen-bond donors (Lipinski definition) is 0. The summed E-state index contributed by atoms with van der Waals surface area (Å²) < 4.78 is 6.14. The SMILES string of the molecule is O=C(CSc1ccccc1)N1CCSC1c1ccccc1OCc1ccccc1. The lowest BCUT2D eigenvalue weighted by Gasteiger charge is -2.25. The highest BCUT2D eigenvalue weighted by Gasteiger charge is 2.32. The Morgan fingerprint density at radius 3 is 2.45 bits per heavy atom. The molecule has 148 valence electrons. The van der Waals surface area contributed by atoms with E-state index in [2.05, 4.69) is 18.2 Å². The summed E-state index contributed by atoms with van der Waals surface area (Å²) in [7, 11) is 0. The van der Waals surface area contributed by atoms with E-state index in [0.29, 0.717) is 12.4 Å². The smallest absolute Gasteiger partial charge is 0.234 e. The molecule has 3 aromatic carbocycles. The van der Waals surface area contributed by atoms with Crippen molar-refractivity contribution in [3.05, 3.63) is 96.1 Å². The molecule has 1 unspecified atom stereocenters. The van der Waals surface area contributed by atoms with E-state index in [1.807, 2.05) is 71.6 Å². The fourth-order valence-electron chi connectivity index (χ4n) is 3.28. The van der Waals surface area contributed by atoms with Crippen LogP contribution in [0.15, 0.2) is 89.8 Å². The van der Waals surface area contributed by atoms with Crippen molar-refractivity contribution < 1.29 is 9.53 Å². The van der Waals surface area contributed by atoms with Crippen LogP contribution in [-0.2, 0) is 11.4 Å². The molecule has 4 rings (SSSR count). The Morgan fingerprint density at radius 1 is 0.966 bits per heavy atom. The van der Waals surface area contributed by atoms with Gasteiger partial charge in [-0.3, -0.25) is 4.79 Å². The van der Waals surface area contributed by atoms with Crippen LogP contribution < -0.4 is 4.74 Å². The normalized spacial score (nSPS) is 16.0. The Labute approximate surface area is 180 Å². The number of rotatable bonds is 7. The van der Waals surface area contributed by atoms with Gasteiger partial charge in [0.1, 0.15) is 17.7 Å². The maximum absolute atomic E-state index is 12.9. The molecule has 1 heterocycles. The van der Waals surface area contributed by atoms with Gasteiger partial charge < -0.3 is 9.64 Å². The summed E-state index contributed by atoms with van der Waals surface area (Å²) in [6.07, 6.45) is 0. The summed E-state index contributed by atoms with van der Waals surface area (Å²) in [5, 5.41) is 0.00541. The molecule has 0 aromatic heterocycles. The summed E-state index contributed by atoms with van der Waals surface area (Å²) in [6, 6.07) is 28.3. The first kappa shape index (κ1) is 19.9. The fourth-order valence-corrected chi connectivity index (χ4v) is 5.39. The highest BCUT2D eigenvalue weighted by atomic mass is 32.2. The molecule has 0 aliphatic carbocycles. The number of para-hydroxylation sites is 1. The Kier molecular flexibility index (Phi) is 6.80. The molecule has 1 saturated heterocycles. The lowest BCUT2D eigenvalue weighted by atomic mass is 10.1. The van der Waals surface area contributed by atoms with E-state index < -0.39 is 0 Å². The second-order valence-corrected chi connectivity index (χ2v) is 8.96. The van der Waals surface area contributed by atoms with Gasteiger partial charge in [0.2, 0.25) is 5.91 Å². The first-order valence-electron chi connectivity index (χ1n) is 9.66. The maximum atomic E-state index is 12.9. The van der Waals surface area contributed by atoms with Crippen molar-refractivity contribution in [2.75, 3.05) is 18.1 Å². The molecule has 0 N–H and O–H groups in total. The van der Waals surface area contributed by atoms with Gasteiger partial charge in [0, 0.05) is 22.8 Å². The van der Waals surface area contributed by atoms with E-state index in [-0.39, 0.29) is 11.3 Å². The first-order chi connectivity index (χ1) is 14.3. The lowest BCUT2D eigenvalue weighted by Crippen LogP contribution is -2.32. The second kappa shape index (κ2) is 9.90. The molecule has 1 atom stereocenters. The summed E-state index contributed by atoms with van der Waals surface area (Å²) in [5.74, 6) is 2.42. The molecule has 5 heteroatoms. The van der Waals surface area contributed by atoms with Crippen molar-refractivity contribution in [2.24, 2.45) is 0 Å². The zero-order valence-electron chi connectivity index (χ0n) is 16.1. The third-order valence-corrected chi connectivity index (χ3v) is 6.98. The number of benzene rings is 3. The summed E-state index contributed by atoms with van der Waals surface area (Å²) in [6.45, 7) is 1.30. The summed E-state index contributed by atoms with van der Waals surface area (Å²) in [5.41, 5.74) is 2.21. The number of nitrogens with zero attached hydrogens (tertiary/aromatic N) is 1. The molecule has 0 radical (unpaired) electrons. The Bertz CT molecular complexity index is 934. The second-order valence-electron chi connectivity index (χ2n) is 6.72. The standard InChI is InChI=1S/C24H23NO2S2/c26-23(18-29-20-11-5-2-6-12-20)25-15-16-28-24(25)21-13-7-8-14-22(21)27-17-19-9-3-1-4-10-19/h1-14,24H,15-18H2. The van der Waals surface area contributed by atoms with Crippen molar-refractivity contribution in [1.29, 1.82) is 0 Å². The van der Waals surface area contributed by atoms with Gasteiger partial charge in [0.25, 0.3) is 0 Å². The third kappa shape index (κ3) is 5.17. The lowest BCUT2D eigenvalue weighted by molar-refractivity contribution is -0.128. The van der Waals surface area contributed by atoms with E-state index in [0.717, 1.165) is 34.1 Å². The van der Waals surface area contributed by atoms with Crippen LogP contribution in [0.5, 0.6) is 5.75 Å². The van der Waals surface area contributed by atoms with E-state index in [4.69, 9.17) is 4.74 Å². The number of hydrogen-bond acceptors (Lipinski definition) is 4. The molecular formula is C24H23NO2S2. The highest BCUT2D eigenvalue weighted by molar-refractivity contribution is 8.00. The molecule has 29 heavy (non-hydrogen) atoms. The van der Waals surface area contributed by atoms with Gasteiger partial charge in [-0.25, -0.2) is 0 Å². The monoisotopic (exact) mass is 421 g/mol. The molecule has 1 amide bonds. The van der Waals surface area contributed by atoms with Gasteiger partial charge in [-0.1, -0.05) is 66.7 Å². The molecule has 1 fully saturated rings. The number of carbonyl (C=O) groups is 1. The maximum Gasteiger partial charge on any atom is 0.234 e. The summed E-state index contributed by atoms with van der Waals surface area (Å²) in [4.78, 5) is 16.1. The van der Waals surface area contributed by atoms with Crippen LogP contribution in [-0.4, -0.2) is 28.9 Å². The minimum atomic E-state index is 0.00541. The van der Waals surface area contributed by atoms with Crippen LogP contribution in [0.3, 0.4) is 0 Å². The van der Waals surface area contributed by atoms with E-state index >= 15 is 0 Å². The number of ether oxygens (including phenoxy) is 1. The van der Waals surface area contributed by atoms with Crippen LogP contribution in [0.1, 0.15) is 16.5 Å². The predicted molar refractivity (Wildman–Crippen MR) is 121 cm³/mol. The van der Waals surface area contributed by atoms with Gasteiger partial charge in [-0.15, -0.1) is 23.5 Å². The van der Waals surface area contributed by atoms with Crippen LogP contribution in [0, 0.1) is 0 Å². The molecule has 0 bridgehead atoms. The summed E-state index contributed by atoms with van der Waals surface area (Å²) >= 11 is 3.40. The van der Waals surface area contributed by atoms with Crippen molar-refractivity contribution >= 4 is 29.4 Å². The molecule has 1 aliphatic heterocycles. The van der Waals surface area contributed by atoms with Crippen LogP contribution >= 0.6 is 23.5 Å². The zero-order valence-corrected chi connectivity index (χ0v) is 17.7. The van der Waals surface area contributed by atoms with E-state index in [9.17, 15) is 4.79 Å². The molecule has 0 saturated carbocycles. The van der Waals surface area contributed by atoms with E-state index in [1.165, 1.54) is 0 Å². The Hall–Kier alpha value is -2.37. The topological polar surface area (TPSA) is 29.5 Å². The van der Waals surface area contributed by atoms with Crippen molar-refractivity contribution in [3.63, 3.8) is 0 Å². The Balaban J connectivity index is 1.44. The van der Waals surface area contributed by atoms with Crippen LogP contribution in [0.25, 0.3) is 0 Å². The fraction of sp³-hybridized carbons (Fsp3) is 0.208. The van der Waals surface area contributed by atoms with Gasteiger partial charge in [-0.05, 0) is 23.8 Å². The van der Waals surface area contributed by atoms with Crippen molar-refractivity contribution in [3.8, 4) is 5.75 Å². The molecular weight excluding hydrogens is 398 g/mol. The number of carbonyl (C=O) groups excluding carboxylic acids is 1. The minimum absolute atomic E-state index is 0.00541. The first-order valence-corrected chi connectivity index (χ1v) is 11.7. The average Bonchev–Trinajstić information content (AvgIpc) is 3.27. The van der Waals surface area contributed by atoms with E-state index in [1.54, 1.807) is 23.5 Å². The largest absolute Gasteiger partial charge is 0.489 e. The zero-order chi connectivity index (χ0) is 19.9. The Morgan fingerprint density at radius 2 is 1.66 bits per heavy atom. The molecule has 3 nitrogen and oxygen atoms in total. The molecule has 3 aromatic rings. The minimum Gasteiger partial charge on any atom is -0.489 e. The number of amides is 1. The average molecular weight is 422 g/mol. The molecule has 0 spiro atoms. The van der Waals surface area contributed by atoms with Crippen molar-refractivity contribution in [2.45, 2.75) is 16.9 Å². The third-order valence-electron chi connectivity index (χ3n) is 4.74. The van der Waals surface area contributed by atoms with Crippen molar-refractivity contribution in [1.82, 2.24) is 4.90 Å². The van der Waals surface area contributed by atoms with Crippen LogP contribution in [0.4, 0.5) is 0 Å². The number of thioether (sulfide) groups is 2. The van der Waals surface area contributed by atoms with Crippen LogP contribution in [0.2, 0.25) is 0 Å². The van der Waals surface area contributed by atoms with Gasteiger partial charge in [-0.2, -0.15) is 0 Å². The van der Waals surface area contributed by atoms with Gasteiger partial charge in [0.05, 0.1) is 5.75 Å².